The van der Waals surface area contributed by atoms with Crippen LogP contribution in [0.2, 0.25) is 0 Å². The third-order valence-electron chi connectivity index (χ3n) is 6.50. The van der Waals surface area contributed by atoms with E-state index >= 15 is 0 Å². The van der Waals surface area contributed by atoms with Crippen LogP contribution in [0, 0.1) is 0 Å². The number of nitrogens with zero attached hydrogens (tertiary/aromatic N) is 2. The number of carbonyl (C=O) groups excluding carboxylic acids is 1. The van der Waals surface area contributed by atoms with Gasteiger partial charge in [-0.3, -0.25) is 4.79 Å². The number of hydrogen-bond acceptors (Lipinski definition) is 3. The van der Waals surface area contributed by atoms with Gasteiger partial charge in [0.15, 0.2) is 0 Å². The Morgan fingerprint density at radius 2 is 1.84 bits per heavy atom. The minimum absolute atomic E-state index is 0.444. The van der Waals surface area contributed by atoms with Crippen molar-refractivity contribution in [1.82, 2.24) is 14.9 Å². The first kappa shape index (κ1) is 20.5. The van der Waals surface area contributed by atoms with Crippen molar-refractivity contribution in [2.75, 3.05) is 19.6 Å². The number of benzene rings is 3. The lowest BCUT2D eigenvalue weighted by atomic mass is 9.90. The van der Waals surface area contributed by atoms with Crippen molar-refractivity contribution in [3.05, 3.63) is 89.5 Å². The average molecular weight is 425 g/mol. The van der Waals surface area contributed by atoms with E-state index in [2.05, 4.69) is 69.5 Å². The van der Waals surface area contributed by atoms with E-state index < -0.39 is 5.91 Å². The van der Waals surface area contributed by atoms with Crippen LogP contribution in [-0.2, 0) is 6.42 Å². The molecule has 4 aromatic rings. The molecule has 3 aromatic carbocycles. The third kappa shape index (κ3) is 4.30. The zero-order valence-electron chi connectivity index (χ0n) is 18.1. The highest BCUT2D eigenvalue weighted by molar-refractivity contribution is 6.04. The Labute approximate surface area is 188 Å². The Morgan fingerprint density at radius 1 is 1.03 bits per heavy atom. The number of hydrogen-bond donors (Lipinski definition) is 2. The van der Waals surface area contributed by atoms with Gasteiger partial charge in [-0.1, -0.05) is 60.7 Å². The molecule has 0 radical (unpaired) electrons. The lowest BCUT2D eigenvalue weighted by Gasteiger charge is -2.33. The number of rotatable bonds is 6. The molecule has 1 saturated heterocycles. The minimum atomic E-state index is -0.460. The maximum Gasteiger partial charge on any atom is 0.250 e. The quantitative estimate of drug-likeness (QED) is 0.469. The lowest BCUT2D eigenvalue weighted by Crippen LogP contribution is -2.35. The highest BCUT2D eigenvalue weighted by atomic mass is 16.1. The molecule has 2 heterocycles. The molecule has 0 aliphatic carbocycles. The van der Waals surface area contributed by atoms with Gasteiger partial charge >= 0.3 is 0 Å². The van der Waals surface area contributed by atoms with E-state index in [1.54, 1.807) is 6.07 Å². The van der Waals surface area contributed by atoms with Gasteiger partial charge < -0.3 is 15.6 Å². The van der Waals surface area contributed by atoms with Gasteiger partial charge in [0.05, 0.1) is 11.1 Å². The van der Waals surface area contributed by atoms with Crippen LogP contribution in [0.3, 0.4) is 0 Å². The molecule has 1 aliphatic heterocycles. The monoisotopic (exact) mass is 424 g/mol. The van der Waals surface area contributed by atoms with Crippen LogP contribution in [0.15, 0.2) is 72.8 Å². The second-order valence-corrected chi connectivity index (χ2v) is 8.65. The number of imidazole rings is 1. The van der Waals surface area contributed by atoms with Crippen LogP contribution in [0.25, 0.3) is 22.4 Å². The number of nitrogens with two attached hydrogens (primary N) is 1. The van der Waals surface area contributed by atoms with Gasteiger partial charge in [-0.25, -0.2) is 4.98 Å². The smallest absolute Gasteiger partial charge is 0.250 e. The van der Waals surface area contributed by atoms with E-state index in [1.807, 2.05) is 12.1 Å². The van der Waals surface area contributed by atoms with E-state index in [0.717, 1.165) is 36.4 Å². The molecule has 32 heavy (non-hydrogen) atoms. The van der Waals surface area contributed by atoms with Crippen LogP contribution < -0.4 is 5.73 Å². The zero-order chi connectivity index (χ0) is 21.9. The summed E-state index contributed by atoms with van der Waals surface area (Å²) in [6, 6.07) is 24.9. The van der Waals surface area contributed by atoms with Crippen LogP contribution in [0.1, 0.15) is 40.2 Å². The molecule has 162 valence electrons. The number of para-hydroxylation sites is 1. The largest absolute Gasteiger partial charge is 0.366 e. The Kier molecular flexibility index (Phi) is 5.73. The van der Waals surface area contributed by atoms with E-state index in [9.17, 15) is 4.79 Å². The fraction of sp³-hybridized carbons (Fsp3) is 0.259. The molecule has 1 fully saturated rings. The zero-order valence-corrected chi connectivity index (χ0v) is 18.1. The molecule has 5 rings (SSSR count). The van der Waals surface area contributed by atoms with Crippen molar-refractivity contribution in [3.63, 3.8) is 0 Å². The van der Waals surface area contributed by atoms with Gasteiger partial charge in [-0.05, 0) is 55.0 Å². The Balaban J connectivity index is 1.28. The normalized spacial score (nSPS) is 16.9. The number of aromatic amines is 1. The number of likely N-dealkylation sites (tertiary alicyclic amines) is 1. The lowest BCUT2D eigenvalue weighted by molar-refractivity contribution is 0.100. The van der Waals surface area contributed by atoms with Gasteiger partial charge in [0.25, 0.3) is 5.91 Å². The number of amides is 1. The molecule has 1 atom stereocenters. The highest BCUT2D eigenvalue weighted by Crippen LogP contribution is 2.29. The third-order valence-corrected chi connectivity index (χ3v) is 6.50. The van der Waals surface area contributed by atoms with Crippen molar-refractivity contribution in [3.8, 4) is 11.4 Å². The first-order valence-corrected chi connectivity index (χ1v) is 11.3. The molecule has 5 nitrogen and oxygen atoms in total. The average Bonchev–Trinajstić information content (AvgIpc) is 3.28. The van der Waals surface area contributed by atoms with Crippen LogP contribution in [-0.4, -0.2) is 40.4 Å². The molecule has 1 amide bonds. The molecule has 0 bridgehead atoms. The predicted molar refractivity (Wildman–Crippen MR) is 129 cm³/mol. The van der Waals surface area contributed by atoms with E-state index in [0.29, 0.717) is 17.0 Å². The summed E-state index contributed by atoms with van der Waals surface area (Å²) in [7, 11) is 0. The molecule has 5 heteroatoms. The first-order chi connectivity index (χ1) is 15.7. The Morgan fingerprint density at radius 3 is 2.62 bits per heavy atom. The van der Waals surface area contributed by atoms with E-state index in [4.69, 9.17) is 5.73 Å². The fourth-order valence-electron chi connectivity index (χ4n) is 4.74. The van der Waals surface area contributed by atoms with E-state index in [-0.39, 0.29) is 0 Å². The summed E-state index contributed by atoms with van der Waals surface area (Å²) in [5.74, 6) is 0.859. The summed E-state index contributed by atoms with van der Waals surface area (Å²) in [4.78, 5) is 22.3. The number of nitrogens with one attached hydrogen (secondary N) is 1. The number of primary amides is 1. The van der Waals surface area contributed by atoms with Crippen molar-refractivity contribution in [1.29, 1.82) is 0 Å². The summed E-state index contributed by atoms with van der Waals surface area (Å²) >= 11 is 0. The SMILES string of the molecule is NC(=O)c1cccc2[nH]c(-c3ccc(C4CCCN(CCc5ccccc5)C4)cc3)nc12. The number of aromatic nitrogens is 2. The second kappa shape index (κ2) is 8.97. The minimum Gasteiger partial charge on any atom is -0.366 e. The summed E-state index contributed by atoms with van der Waals surface area (Å²) in [5.41, 5.74) is 11.2. The summed E-state index contributed by atoms with van der Waals surface area (Å²) in [6.45, 7) is 3.40. The van der Waals surface area contributed by atoms with Gasteiger partial charge in [0.1, 0.15) is 11.3 Å². The Bertz CT molecular complexity index is 1210. The van der Waals surface area contributed by atoms with Gasteiger partial charge in [-0.2, -0.15) is 0 Å². The predicted octanol–water partition coefficient (Wildman–Crippen LogP) is 4.75. The van der Waals surface area contributed by atoms with Crippen molar-refractivity contribution in [2.24, 2.45) is 5.73 Å². The summed E-state index contributed by atoms with van der Waals surface area (Å²) < 4.78 is 0. The number of carbonyl (C=O) groups is 1. The molecule has 1 aromatic heterocycles. The molecular formula is C27H28N4O. The summed E-state index contributed by atoms with van der Waals surface area (Å²) in [5, 5.41) is 0. The fourth-order valence-corrected chi connectivity index (χ4v) is 4.74. The van der Waals surface area contributed by atoms with Crippen molar-refractivity contribution >= 4 is 16.9 Å². The first-order valence-electron chi connectivity index (χ1n) is 11.3. The highest BCUT2D eigenvalue weighted by Gasteiger charge is 2.21. The Hall–Kier alpha value is -3.44. The molecule has 1 unspecified atom stereocenters. The number of piperidine rings is 1. The topological polar surface area (TPSA) is 75.0 Å². The van der Waals surface area contributed by atoms with Crippen molar-refractivity contribution < 1.29 is 4.79 Å². The molecule has 1 aliphatic rings. The van der Waals surface area contributed by atoms with Crippen LogP contribution >= 0.6 is 0 Å². The van der Waals surface area contributed by atoms with Gasteiger partial charge in [-0.15, -0.1) is 0 Å². The maximum absolute atomic E-state index is 11.7. The van der Waals surface area contributed by atoms with Gasteiger partial charge in [0, 0.05) is 18.7 Å². The van der Waals surface area contributed by atoms with Gasteiger partial charge in [0.2, 0.25) is 0 Å². The second-order valence-electron chi connectivity index (χ2n) is 8.65. The maximum atomic E-state index is 11.7. The number of fused-ring (bicyclic) bond motifs is 1. The van der Waals surface area contributed by atoms with E-state index in [1.165, 1.54) is 30.5 Å². The van der Waals surface area contributed by atoms with Crippen LogP contribution in [0.4, 0.5) is 0 Å². The molecule has 0 spiro atoms. The standard InChI is InChI=1S/C27H28N4O/c28-26(32)23-9-4-10-24-25(23)30-27(29-24)21-13-11-20(12-14-21)22-8-5-16-31(18-22)17-15-19-6-2-1-3-7-19/h1-4,6-7,9-14,22H,5,8,15-18H2,(H2,28,32)(H,29,30). The number of H-pyrrole nitrogens is 1. The molecule has 0 saturated carbocycles. The molecular weight excluding hydrogens is 396 g/mol. The van der Waals surface area contributed by atoms with Crippen molar-refractivity contribution in [2.45, 2.75) is 25.2 Å². The summed E-state index contributed by atoms with van der Waals surface area (Å²) in [6.07, 6.45) is 3.57. The van der Waals surface area contributed by atoms with Crippen LogP contribution in [0.5, 0.6) is 0 Å². The molecule has 3 N–H and O–H groups in total.